The van der Waals surface area contributed by atoms with Gasteiger partial charge in [0.25, 0.3) is 0 Å². The third-order valence-corrected chi connectivity index (χ3v) is 3.71. The molecule has 2 heterocycles. The van der Waals surface area contributed by atoms with Gasteiger partial charge in [-0.3, -0.25) is 0 Å². The molecule has 0 aliphatic heterocycles. The Bertz CT molecular complexity index is 931. The lowest BCUT2D eigenvalue weighted by atomic mass is 10.1. The molecule has 2 aromatic heterocycles. The molecule has 7 nitrogen and oxygen atoms in total. The normalized spacial score (nSPS) is 11.6. The van der Waals surface area contributed by atoms with E-state index in [2.05, 4.69) is 15.0 Å². The van der Waals surface area contributed by atoms with Crippen LogP contribution in [0.2, 0.25) is 0 Å². The van der Waals surface area contributed by atoms with E-state index in [1.165, 1.54) is 0 Å². The summed E-state index contributed by atoms with van der Waals surface area (Å²) in [5.74, 6) is 0.919. The van der Waals surface area contributed by atoms with Gasteiger partial charge in [-0.2, -0.15) is 8.42 Å². The molecule has 120 valence electrons. The van der Waals surface area contributed by atoms with Crippen LogP contribution in [0.15, 0.2) is 36.5 Å². The van der Waals surface area contributed by atoms with Gasteiger partial charge in [-0.1, -0.05) is 0 Å². The van der Waals surface area contributed by atoms with Crippen LogP contribution < -0.4 is 9.08 Å². The van der Waals surface area contributed by atoms with Gasteiger partial charge < -0.3 is 14.1 Å². The van der Waals surface area contributed by atoms with Crippen LogP contribution in [-0.2, 0) is 10.1 Å². The van der Waals surface area contributed by atoms with Gasteiger partial charge >= 0.3 is 10.1 Å². The van der Waals surface area contributed by atoms with Gasteiger partial charge in [-0.15, -0.1) is 0 Å². The van der Waals surface area contributed by atoms with Crippen LogP contribution in [-0.4, -0.2) is 43.7 Å². The molecule has 0 aliphatic carbocycles. The first-order chi connectivity index (χ1) is 10.8. The number of aromatic amines is 1. The summed E-state index contributed by atoms with van der Waals surface area (Å²) >= 11 is 0. The van der Waals surface area contributed by atoms with E-state index in [0.29, 0.717) is 11.5 Å². The second kappa shape index (κ2) is 5.54. The van der Waals surface area contributed by atoms with Gasteiger partial charge in [0.15, 0.2) is 5.65 Å². The number of H-pyrrole nitrogens is 1. The van der Waals surface area contributed by atoms with Crippen LogP contribution >= 0.6 is 0 Å². The summed E-state index contributed by atoms with van der Waals surface area (Å²) in [5, 5.41) is 0. The highest BCUT2D eigenvalue weighted by atomic mass is 32.2. The van der Waals surface area contributed by atoms with E-state index in [4.69, 9.17) is 4.18 Å². The number of pyridine rings is 1. The Kier molecular flexibility index (Phi) is 3.69. The number of benzene rings is 1. The van der Waals surface area contributed by atoms with E-state index in [1.54, 1.807) is 24.4 Å². The van der Waals surface area contributed by atoms with E-state index in [1.807, 2.05) is 31.1 Å². The maximum absolute atomic E-state index is 11.3. The second-order valence-electron chi connectivity index (χ2n) is 5.32. The van der Waals surface area contributed by atoms with Gasteiger partial charge in [0.1, 0.15) is 11.6 Å². The lowest BCUT2D eigenvalue weighted by molar-refractivity contribution is 0.493. The molecule has 0 aliphatic rings. The molecule has 0 radical (unpaired) electrons. The number of aromatic nitrogens is 3. The van der Waals surface area contributed by atoms with Crippen molar-refractivity contribution in [1.29, 1.82) is 0 Å². The quantitative estimate of drug-likeness (QED) is 0.736. The molecule has 1 N–H and O–H groups in total. The molecule has 0 atom stereocenters. The molecule has 0 saturated carbocycles. The molecule has 3 aromatic rings. The predicted molar refractivity (Wildman–Crippen MR) is 89.1 cm³/mol. The van der Waals surface area contributed by atoms with Crippen molar-refractivity contribution in [3.63, 3.8) is 0 Å². The predicted octanol–water partition coefficient (Wildman–Crippen LogP) is 2.03. The van der Waals surface area contributed by atoms with Crippen LogP contribution in [0.25, 0.3) is 22.6 Å². The lowest BCUT2D eigenvalue weighted by Crippen LogP contribution is -2.11. The number of hydrogen-bond donors (Lipinski definition) is 1. The zero-order valence-electron chi connectivity index (χ0n) is 12.9. The zero-order chi connectivity index (χ0) is 16.6. The Hall–Kier alpha value is -2.61. The van der Waals surface area contributed by atoms with E-state index in [-0.39, 0.29) is 5.75 Å². The van der Waals surface area contributed by atoms with Crippen molar-refractivity contribution in [2.45, 2.75) is 0 Å². The smallest absolute Gasteiger partial charge is 0.306 e. The number of hydrogen-bond acceptors (Lipinski definition) is 6. The number of imidazole rings is 1. The van der Waals surface area contributed by atoms with Crippen LogP contribution in [0.5, 0.6) is 5.75 Å². The summed E-state index contributed by atoms with van der Waals surface area (Å²) in [4.78, 5) is 13.8. The molecule has 23 heavy (non-hydrogen) atoms. The lowest BCUT2D eigenvalue weighted by Gasteiger charge is -2.17. The first kappa shape index (κ1) is 15.3. The fraction of sp³-hybridized carbons (Fsp3) is 0.200. The highest BCUT2D eigenvalue weighted by Crippen LogP contribution is 2.32. The summed E-state index contributed by atoms with van der Waals surface area (Å²) in [5.41, 5.74) is 3.08. The SMILES string of the molecule is CN(C)c1cc(OS(C)(=O)=O)ccc1-c1nc2ncccc2[nH]1. The average molecular weight is 332 g/mol. The number of nitrogens with zero attached hydrogens (tertiary/aromatic N) is 3. The minimum atomic E-state index is -3.57. The van der Waals surface area contributed by atoms with Crippen molar-refractivity contribution in [2.24, 2.45) is 0 Å². The topological polar surface area (TPSA) is 88.2 Å². The van der Waals surface area contributed by atoms with Crippen molar-refractivity contribution in [1.82, 2.24) is 15.0 Å². The Labute approximate surface area is 134 Å². The molecule has 0 bridgehead atoms. The monoisotopic (exact) mass is 332 g/mol. The Morgan fingerprint density at radius 2 is 2.00 bits per heavy atom. The highest BCUT2D eigenvalue weighted by molar-refractivity contribution is 7.86. The van der Waals surface area contributed by atoms with E-state index in [0.717, 1.165) is 23.0 Å². The molecule has 0 unspecified atom stereocenters. The molecule has 1 aromatic carbocycles. The third kappa shape index (κ3) is 3.26. The maximum Gasteiger partial charge on any atom is 0.306 e. The number of fused-ring (bicyclic) bond motifs is 1. The minimum absolute atomic E-state index is 0.259. The van der Waals surface area contributed by atoms with Gasteiger partial charge in [0, 0.05) is 31.9 Å². The summed E-state index contributed by atoms with van der Waals surface area (Å²) in [6.07, 6.45) is 2.70. The van der Waals surface area contributed by atoms with Crippen molar-refractivity contribution in [2.75, 3.05) is 25.3 Å². The standard InChI is InChI=1S/C15H16N4O3S/c1-19(2)13-9-10(22-23(3,20)21)6-7-11(13)14-17-12-5-4-8-16-15(12)18-14/h4-9H,1-3H3,(H,16,17,18). The summed E-state index contributed by atoms with van der Waals surface area (Å²) in [6.45, 7) is 0. The molecular weight excluding hydrogens is 316 g/mol. The molecule has 0 fully saturated rings. The maximum atomic E-state index is 11.3. The molecular formula is C15H16N4O3S. The van der Waals surface area contributed by atoms with Crippen LogP contribution in [0, 0.1) is 0 Å². The van der Waals surface area contributed by atoms with Crippen LogP contribution in [0.1, 0.15) is 0 Å². The third-order valence-electron chi connectivity index (χ3n) is 3.21. The Morgan fingerprint density at radius 1 is 1.22 bits per heavy atom. The first-order valence-electron chi connectivity index (χ1n) is 6.85. The Morgan fingerprint density at radius 3 is 2.65 bits per heavy atom. The highest BCUT2D eigenvalue weighted by Gasteiger charge is 2.14. The van der Waals surface area contributed by atoms with Gasteiger partial charge in [0.05, 0.1) is 17.5 Å². The zero-order valence-corrected chi connectivity index (χ0v) is 13.8. The Balaban J connectivity index is 2.11. The van der Waals surface area contributed by atoms with Gasteiger partial charge in [-0.25, -0.2) is 9.97 Å². The second-order valence-corrected chi connectivity index (χ2v) is 6.90. The summed E-state index contributed by atoms with van der Waals surface area (Å²) in [6, 6.07) is 8.77. The molecule has 0 amide bonds. The van der Waals surface area contributed by atoms with Gasteiger partial charge in [-0.05, 0) is 24.3 Å². The fourth-order valence-corrected chi connectivity index (χ4v) is 2.73. The molecule has 8 heteroatoms. The summed E-state index contributed by atoms with van der Waals surface area (Å²) in [7, 11) is 0.161. The number of anilines is 1. The minimum Gasteiger partial charge on any atom is -0.383 e. The number of rotatable bonds is 4. The fourth-order valence-electron chi connectivity index (χ4n) is 2.28. The van der Waals surface area contributed by atoms with Crippen molar-refractivity contribution in [3.8, 4) is 17.1 Å². The first-order valence-corrected chi connectivity index (χ1v) is 8.67. The summed E-state index contributed by atoms with van der Waals surface area (Å²) < 4.78 is 27.5. The molecule has 0 spiro atoms. The van der Waals surface area contributed by atoms with Crippen molar-refractivity contribution < 1.29 is 12.6 Å². The molecule has 3 rings (SSSR count). The number of nitrogens with one attached hydrogen (secondary N) is 1. The average Bonchev–Trinajstić information content (AvgIpc) is 2.89. The van der Waals surface area contributed by atoms with Crippen LogP contribution in [0.4, 0.5) is 5.69 Å². The van der Waals surface area contributed by atoms with Crippen LogP contribution in [0.3, 0.4) is 0 Å². The van der Waals surface area contributed by atoms with E-state index in [9.17, 15) is 8.42 Å². The van der Waals surface area contributed by atoms with Crippen molar-refractivity contribution >= 4 is 27.0 Å². The molecule has 0 saturated heterocycles. The van der Waals surface area contributed by atoms with E-state index < -0.39 is 10.1 Å². The van der Waals surface area contributed by atoms with Gasteiger partial charge in [0.2, 0.25) is 0 Å². The van der Waals surface area contributed by atoms with Crippen molar-refractivity contribution in [3.05, 3.63) is 36.5 Å². The van der Waals surface area contributed by atoms with E-state index >= 15 is 0 Å². The largest absolute Gasteiger partial charge is 0.383 e.